The van der Waals surface area contributed by atoms with Crippen LogP contribution >= 0.6 is 0 Å². The van der Waals surface area contributed by atoms with Gasteiger partial charge in [0.25, 0.3) is 5.91 Å². The van der Waals surface area contributed by atoms with Gasteiger partial charge in [0.1, 0.15) is 5.75 Å². The van der Waals surface area contributed by atoms with E-state index in [4.69, 9.17) is 9.26 Å². The van der Waals surface area contributed by atoms with Crippen LogP contribution in [-0.2, 0) is 11.2 Å². The Morgan fingerprint density at radius 1 is 1.16 bits per heavy atom. The molecule has 0 unspecified atom stereocenters. The van der Waals surface area contributed by atoms with Crippen molar-refractivity contribution in [3.63, 3.8) is 0 Å². The van der Waals surface area contributed by atoms with Crippen LogP contribution < -0.4 is 10.1 Å². The van der Waals surface area contributed by atoms with Crippen LogP contribution in [-0.4, -0.2) is 35.0 Å². The van der Waals surface area contributed by atoms with Crippen molar-refractivity contribution in [2.24, 2.45) is 5.92 Å². The van der Waals surface area contributed by atoms with Crippen LogP contribution in [0.1, 0.15) is 36.0 Å². The number of likely N-dealkylation sites (tertiary alicyclic amines) is 1. The fourth-order valence-electron chi connectivity index (χ4n) is 3.58. The molecule has 32 heavy (non-hydrogen) atoms. The van der Waals surface area contributed by atoms with Crippen LogP contribution in [0.2, 0.25) is 0 Å². The van der Waals surface area contributed by atoms with Crippen molar-refractivity contribution in [2.75, 3.05) is 18.4 Å². The zero-order valence-corrected chi connectivity index (χ0v) is 17.7. The molecule has 2 amide bonds. The van der Waals surface area contributed by atoms with Crippen molar-refractivity contribution in [3.05, 3.63) is 71.9 Å². The normalized spacial score (nSPS) is 14.2. The lowest BCUT2D eigenvalue weighted by Crippen LogP contribution is -2.41. The number of aryl methyl sites for hydroxylation is 1. The number of carbonyl (C=O) groups is 2. The zero-order chi connectivity index (χ0) is 22.5. The second kappa shape index (κ2) is 9.64. The van der Waals surface area contributed by atoms with Crippen molar-refractivity contribution in [1.29, 1.82) is 0 Å². The van der Waals surface area contributed by atoms with E-state index in [-0.39, 0.29) is 29.2 Å². The molecule has 0 radical (unpaired) electrons. The molecular formula is C24H24FN3O4. The number of hydrogen-bond acceptors (Lipinski definition) is 5. The molecule has 166 valence electrons. The van der Waals surface area contributed by atoms with Crippen molar-refractivity contribution in [1.82, 2.24) is 10.1 Å². The van der Waals surface area contributed by atoms with Gasteiger partial charge in [0, 0.05) is 30.8 Å². The molecular weight excluding hydrogens is 413 g/mol. The van der Waals surface area contributed by atoms with Gasteiger partial charge in [-0.25, -0.2) is 4.39 Å². The fraction of sp³-hybridized carbons (Fsp3) is 0.292. The van der Waals surface area contributed by atoms with Crippen LogP contribution in [0.5, 0.6) is 11.5 Å². The summed E-state index contributed by atoms with van der Waals surface area (Å²) >= 11 is 0. The van der Waals surface area contributed by atoms with E-state index in [1.807, 2.05) is 6.92 Å². The Hall–Kier alpha value is -3.68. The van der Waals surface area contributed by atoms with Gasteiger partial charge in [0.05, 0.1) is 5.69 Å². The summed E-state index contributed by atoms with van der Waals surface area (Å²) in [6.07, 6.45) is 1.84. The first-order chi connectivity index (χ1) is 15.5. The maximum absolute atomic E-state index is 13.7. The predicted molar refractivity (Wildman–Crippen MR) is 116 cm³/mol. The van der Waals surface area contributed by atoms with Crippen LogP contribution in [0.15, 0.2) is 59.1 Å². The highest BCUT2D eigenvalue weighted by Crippen LogP contribution is 2.26. The van der Waals surface area contributed by atoms with E-state index >= 15 is 0 Å². The highest BCUT2D eigenvalue weighted by atomic mass is 19.1. The fourth-order valence-corrected chi connectivity index (χ4v) is 3.58. The molecule has 7 nitrogen and oxygen atoms in total. The highest BCUT2D eigenvalue weighted by Gasteiger charge is 2.29. The Kier molecular flexibility index (Phi) is 6.49. The molecule has 8 heteroatoms. The second-order valence-corrected chi connectivity index (χ2v) is 7.65. The summed E-state index contributed by atoms with van der Waals surface area (Å²) in [5, 5.41) is 6.76. The van der Waals surface area contributed by atoms with Gasteiger partial charge in [-0.3, -0.25) is 9.59 Å². The maximum atomic E-state index is 13.7. The van der Waals surface area contributed by atoms with Crippen molar-refractivity contribution >= 4 is 17.5 Å². The Morgan fingerprint density at radius 3 is 2.53 bits per heavy atom. The minimum atomic E-state index is -0.441. The lowest BCUT2D eigenvalue weighted by molar-refractivity contribution is -0.121. The number of rotatable bonds is 6. The number of anilines is 1. The number of aromatic nitrogens is 1. The van der Waals surface area contributed by atoms with E-state index in [2.05, 4.69) is 10.5 Å². The molecule has 1 aromatic heterocycles. The predicted octanol–water partition coefficient (Wildman–Crippen LogP) is 4.66. The number of nitrogens with one attached hydrogen (secondary N) is 1. The molecule has 0 aliphatic carbocycles. The number of para-hydroxylation sites is 1. The molecule has 1 aliphatic rings. The molecule has 0 spiro atoms. The highest BCUT2D eigenvalue weighted by molar-refractivity contribution is 5.94. The first-order valence-electron chi connectivity index (χ1n) is 10.6. The van der Waals surface area contributed by atoms with Crippen LogP contribution in [0.4, 0.5) is 10.1 Å². The minimum absolute atomic E-state index is 0.0900. The molecule has 4 rings (SSSR count). The number of amides is 2. The zero-order valence-electron chi connectivity index (χ0n) is 17.7. The van der Waals surface area contributed by atoms with Crippen LogP contribution in [0, 0.1) is 11.7 Å². The quantitative estimate of drug-likeness (QED) is 0.606. The Labute approximate surface area is 185 Å². The van der Waals surface area contributed by atoms with Crippen LogP contribution in [0.25, 0.3) is 0 Å². The molecule has 1 saturated heterocycles. The summed E-state index contributed by atoms with van der Waals surface area (Å²) in [5.74, 6) is -0.0599. The van der Waals surface area contributed by atoms with Gasteiger partial charge >= 0.3 is 0 Å². The molecule has 1 fully saturated rings. The van der Waals surface area contributed by atoms with E-state index in [0.29, 0.717) is 43.8 Å². The summed E-state index contributed by atoms with van der Waals surface area (Å²) < 4.78 is 24.4. The van der Waals surface area contributed by atoms with E-state index < -0.39 is 5.82 Å². The molecule has 3 aromatic rings. The Balaban J connectivity index is 1.28. The average Bonchev–Trinajstić information content (AvgIpc) is 3.31. The second-order valence-electron chi connectivity index (χ2n) is 7.65. The van der Waals surface area contributed by atoms with E-state index in [0.717, 1.165) is 5.69 Å². The van der Waals surface area contributed by atoms with Gasteiger partial charge in [-0.1, -0.05) is 24.2 Å². The number of carbonyl (C=O) groups excluding carboxylic acids is 2. The monoisotopic (exact) mass is 437 g/mol. The van der Waals surface area contributed by atoms with Crippen molar-refractivity contribution in [2.45, 2.75) is 26.2 Å². The summed E-state index contributed by atoms with van der Waals surface area (Å²) in [5.41, 5.74) is 1.37. The number of nitrogens with zero attached hydrogens (tertiary/aromatic N) is 2. The van der Waals surface area contributed by atoms with E-state index in [9.17, 15) is 14.0 Å². The molecule has 0 bridgehead atoms. The summed E-state index contributed by atoms with van der Waals surface area (Å²) in [6.45, 7) is 2.91. The molecule has 1 N–H and O–H groups in total. The largest absolute Gasteiger partial charge is 0.454 e. The molecule has 2 heterocycles. The van der Waals surface area contributed by atoms with E-state index in [1.54, 1.807) is 53.4 Å². The van der Waals surface area contributed by atoms with Gasteiger partial charge in [-0.05, 0) is 55.7 Å². The number of benzene rings is 2. The van der Waals surface area contributed by atoms with Gasteiger partial charge in [-0.15, -0.1) is 0 Å². The third kappa shape index (κ3) is 4.96. The van der Waals surface area contributed by atoms with Gasteiger partial charge in [0.15, 0.2) is 11.6 Å². The maximum Gasteiger partial charge on any atom is 0.292 e. The van der Waals surface area contributed by atoms with E-state index in [1.165, 1.54) is 6.07 Å². The number of piperidine rings is 1. The lowest BCUT2D eigenvalue weighted by Gasteiger charge is -2.30. The van der Waals surface area contributed by atoms with Gasteiger partial charge in [-0.2, -0.15) is 0 Å². The molecule has 2 aromatic carbocycles. The molecule has 0 saturated carbocycles. The number of hydrogen-bond donors (Lipinski definition) is 1. The van der Waals surface area contributed by atoms with Crippen LogP contribution in [0.3, 0.4) is 0 Å². The third-order valence-corrected chi connectivity index (χ3v) is 5.47. The number of halogens is 1. The molecule has 0 atom stereocenters. The minimum Gasteiger partial charge on any atom is -0.454 e. The van der Waals surface area contributed by atoms with Gasteiger partial charge in [0.2, 0.25) is 11.7 Å². The summed E-state index contributed by atoms with van der Waals surface area (Å²) in [7, 11) is 0. The van der Waals surface area contributed by atoms with Gasteiger partial charge < -0.3 is 19.5 Å². The average molecular weight is 437 g/mol. The summed E-state index contributed by atoms with van der Waals surface area (Å²) in [4.78, 5) is 26.9. The smallest absolute Gasteiger partial charge is 0.292 e. The third-order valence-electron chi connectivity index (χ3n) is 5.47. The first kappa shape index (κ1) is 21.5. The lowest BCUT2D eigenvalue weighted by atomic mass is 9.95. The topological polar surface area (TPSA) is 84.7 Å². The SMILES string of the molecule is CCc1cc(C(=O)N2CCC(C(=O)Nc3ccc(Oc4ccccc4F)cc3)CC2)on1. The molecule has 1 aliphatic heterocycles. The standard InChI is InChI=1S/C24H24FN3O4/c1-2-17-15-22(32-27-17)24(30)28-13-11-16(12-14-28)23(29)26-18-7-9-19(10-8-18)31-21-6-4-3-5-20(21)25/h3-10,15-16H,2,11-14H2,1H3,(H,26,29). The summed E-state index contributed by atoms with van der Waals surface area (Å²) in [6, 6.07) is 14.6. The Bertz CT molecular complexity index is 1090. The first-order valence-corrected chi connectivity index (χ1v) is 10.6. The van der Waals surface area contributed by atoms with Crippen molar-refractivity contribution < 1.29 is 23.2 Å². The van der Waals surface area contributed by atoms with Crippen molar-refractivity contribution in [3.8, 4) is 11.5 Å². The Morgan fingerprint density at radius 2 is 1.88 bits per heavy atom. The number of ether oxygens (including phenoxy) is 1.